The summed E-state index contributed by atoms with van der Waals surface area (Å²) in [5.41, 5.74) is 0.883. The van der Waals surface area contributed by atoms with Crippen LogP contribution < -0.4 is 4.90 Å². The first-order chi connectivity index (χ1) is 7.89. The highest BCUT2D eigenvalue weighted by atomic mass is 32.2. The summed E-state index contributed by atoms with van der Waals surface area (Å²) in [4.78, 5) is 1.82. The smallest absolute Gasteiger partial charge is 0.295 e. The predicted octanol–water partition coefficient (Wildman–Crippen LogP) is 2.15. The van der Waals surface area contributed by atoms with Crippen molar-refractivity contribution in [2.45, 2.75) is 4.90 Å². The number of rotatable bonds is 2. The molecule has 17 heavy (non-hydrogen) atoms. The summed E-state index contributed by atoms with van der Waals surface area (Å²) in [6.07, 6.45) is 0. The summed E-state index contributed by atoms with van der Waals surface area (Å²) < 4.78 is 31.7. The standard InChI is InChI=1S/C12H13NO3S/c1-13(2)10-7-6-9-4-3-5-12(11(9)8-10)17(14,15)16/h3-8H,1-2H3,(H,14,15,16). The largest absolute Gasteiger partial charge is 0.378 e. The third kappa shape index (κ3) is 2.25. The number of hydrogen-bond acceptors (Lipinski definition) is 3. The van der Waals surface area contributed by atoms with Crippen molar-refractivity contribution in [3.63, 3.8) is 0 Å². The zero-order chi connectivity index (χ0) is 12.6. The average Bonchev–Trinajstić information content (AvgIpc) is 2.26. The molecule has 0 amide bonds. The van der Waals surface area contributed by atoms with Gasteiger partial charge in [0.1, 0.15) is 4.90 Å². The van der Waals surface area contributed by atoms with Gasteiger partial charge in [-0.1, -0.05) is 18.2 Å². The van der Waals surface area contributed by atoms with E-state index in [1.54, 1.807) is 12.1 Å². The van der Waals surface area contributed by atoms with Crippen LogP contribution in [0, 0.1) is 0 Å². The van der Waals surface area contributed by atoms with Crippen molar-refractivity contribution in [3.8, 4) is 0 Å². The molecule has 1 N–H and O–H groups in total. The van der Waals surface area contributed by atoms with E-state index in [1.165, 1.54) is 6.07 Å². The van der Waals surface area contributed by atoms with Crippen LogP contribution >= 0.6 is 0 Å². The Bertz CT molecular complexity index is 663. The number of hydrogen-bond donors (Lipinski definition) is 1. The van der Waals surface area contributed by atoms with Crippen molar-refractivity contribution in [1.82, 2.24) is 0 Å². The van der Waals surface area contributed by atoms with E-state index >= 15 is 0 Å². The molecule has 0 unspecified atom stereocenters. The Morgan fingerprint density at radius 2 is 1.82 bits per heavy atom. The topological polar surface area (TPSA) is 57.6 Å². The van der Waals surface area contributed by atoms with Gasteiger partial charge in [-0.2, -0.15) is 8.42 Å². The molecule has 0 atom stereocenters. The molecule has 0 aromatic heterocycles. The Hall–Kier alpha value is -1.59. The van der Waals surface area contributed by atoms with Crippen molar-refractivity contribution in [2.24, 2.45) is 0 Å². The van der Waals surface area contributed by atoms with E-state index in [-0.39, 0.29) is 4.90 Å². The van der Waals surface area contributed by atoms with Crippen LogP contribution in [0.2, 0.25) is 0 Å². The van der Waals surface area contributed by atoms with E-state index in [0.717, 1.165) is 11.1 Å². The molecular weight excluding hydrogens is 238 g/mol. The van der Waals surface area contributed by atoms with Gasteiger partial charge in [-0.15, -0.1) is 0 Å². The zero-order valence-corrected chi connectivity index (χ0v) is 10.4. The Morgan fingerprint density at radius 3 is 2.41 bits per heavy atom. The van der Waals surface area contributed by atoms with E-state index < -0.39 is 10.1 Å². The second kappa shape index (κ2) is 4.01. The molecule has 90 valence electrons. The highest BCUT2D eigenvalue weighted by Gasteiger charge is 2.13. The summed E-state index contributed by atoms with van der Waals surface area (Å²) in [5, 5.41) is 1.31. The Kier molecular flexibility index (Phi) is 2.81. The van der Waals surface area contributed by atoms with Crippen LogP contribution in [0.5, 0.6) is 0 Å². The van der Waals surface area contributed by atoms with E-state index in [0.29, 0.717) is 5.39 Å². The fourth-order valence-corrected chi connectivity index (χ4v) is 2.44. The molecule has 0 aliphatic heterocycles. The van der Waals surface area contributed by atoms with Crippen molar-refractivity contribution in [2.75, 3.05) is 19.0 Å². The lowest BCUT2D eigenvalue weighted by molar-refractivity contribution is 0.484. The fourth-order valence-electron chi connectivity index (χ4n) is 1.74. The lowest BCUT2D eigenvalue weighted by Crippen LogP contribution is -2.08. The number of fused-ring (bicyclic) bond motifs is 1. The highest BCUT2D eigenvalue weighted by Crippen LogP contribution is 2.26. The molecule has 2 aromatic carbocycles. The molecule has 0 fully saturated rings. The fraction of sp³-hybridized carbons (Fsp3) is 0.167. The summed E-state index contributed by atoms with van der Waals surface area (Å²) in [6.45, 7) is 0. The van der Waals surface area contributed by atoms with Crippen LogP contribution in [-0.4, -0.2) is 27.1 Å². The molecule has 0 heterocycles. The molecular formula is C12H13NO3S. The van der Waals surface area contributed by atoms with Crippen molar-refractivity contribution in [1.29, 1.82) is 0 Å². The molecule has 0 bridgehead atoms. The van der Waals surface area contributed by atoms with Gasteiger partial charge in [0.15, 0.2) is 0 Å². The molecule has 0 radical (unpaired) electrons. The normalized spacial score (nSPS) is 11.7. The molecule has 0 saturated carbocycles. The quantitative estimate of drug-likeness (QED) is 0.831. The lowest BCUT2D eigenvalue weighted by Gasteiger charge is -2.13. The van der Waals surface area contributed by atoms with E-state index in [1.807, 2.05) is 37.2 Å². The minimum absolute atomic E-state index is 0.0568. The van der Waals surface area contributed by atoms with Crippen LogP contribution in [0.1, 0.15) is 0 Å². The summed E-state index contributed by atoms with van der Waals surface area (Å²) in [6, 6.07) is 10.3. The zero-order valence-electron chi connectivity index (χ0n) is 9.58. The van der Waals surface area contributed by atoms with Gasteiger partial charge in [-0.05, 0) is 23.6 Å². The first-order valence-corrected chi connectivity index (χ1v) is 6.51. The third-order valence-electron chi connectivity index (χ3n) is 2.62. The van der Waals surface area contributed by atoms with Gasteiger partial charge in [0.2, 0.25) is 0 Å². The third-order valence-corrected chi connectivity index (χ3v) is 3.53. The number of benzene rings is 2. The van der Waals surface area contributed by atoms with E-state index in [9.17, 15) is 13.0 Å². The number of nitrogens with zero attached hydrogens (tertiary/aromatic N) is 1. The molecule has 0 saturated heterocycles. The molecule has 0 aliphatic rings. The monoisotopic (exact) mass is 251 g/mol. The second-order valence-corrected chi connectivity index (χ2v) is 5.42. The van der Waals surface area contributed by atoms with E-state index in [2.05, 4.69) is 0 Å². The number of anilines is 1. The van der Waals surface area contributed by atoms with Crippen molar-refractivity contribution < 1.29 is 13.0 Å². The van der Waals surface area contributed by atoms with Gasteiger partial charge in [0.05, 0.1) is 0 Å². The van der Waals surface area contributed by atoms with Gasteiger partial charge in [0, 0.05) is 25.2 Å². The van der Waals surface area contributed by atoms with Crippen LogP contribution in [0.4, 0.5) is 5.69 Å². The van der Waals surface area contributed by atoms with Crippen LogP contribution in [0.3, 0.4) is 0 Å². The second-order valence-electron chi connectivity index (χ2n) is 4.03. The summed E-state index contributed by atoms with van der Waals surface area (Å²) in [5.74, 6) is 0. The Morgan fingerprint density at radius 1 is 1.12 bits per heavy atom. The van der Waals surface area contributed by atoms with E-state index in [4.69, 9.17) is 0 Å². The molecule has 0 spiro atoms. The highest BCUT2D eigenvalue weighted by molar-refractivity contribution is 7.86. The minimum atomic E-state index is -4.19. The maximum atomic E-state index is 11.3. The first kappa shape index (κ1) is 11.9. The molecule has 5 heteroatoms. The summed E-state index contributed by atoms with van der Waals surface area (Å²) in [7, 11) is -0.446. The van der Waals surface area contributed by atoms with Crippen molar-refractivity contribution in [3.05, 3.63) is 36.4 Å². The SMILES string of the molecule is CN(C)c1ccc2cccc(S(=O)(=O)O)c2c1. The van der Waals surface area contributed by atoms with Gasteiger partial charge in [0.25, 0.3) is 10.1 Å². The lowest BCUT2D eigenvalue weighted by atomic mass is 10.1. The van der Waals surface area contributed by atoms with Crippen LogP contribution in [-0.2, 0) is 10.1 Å². The Balaban J connectivity index is 2.82. The van der Waals surface area contributed by atoms with Crippen molar-refractivity contribution >= 4 is 26.6 Å². The first-order valence-electron chi connectivity index (χ1n) is 5.07. The predicted molar refractivity (Wildman–Crippen MR) is 68.1 cm³/mol. The average molecular weight is 251 g/mol. The van der Waals surface area contributed by atoms with Gasteiger partial charge in [-0.3, -0.25) is 4.55 Å². The molecule has 0 aliphatic carbocycles. The van der Waals surface area contributed by atoms with Crippen LogP contribution in [0.25, 0.3) is 10.8 Å². The van der Waals surface area contributed by atoms with Gasteiger partial charge >= 0.3 is 0 Å². The maximum absolute atomic E-state index is 11.3. The minimum Gasteiger partial charge on any atom is -0.378 e. The Labute approximate surface area is 100 Å². The molecule has 4 nitrogen and oxygen atoms in total. The summed E-state index contributed by atoms with van der Waals surface area (Å²) >= 11 is 0. The van der Waals surface area contributed by atoms with Gasteiger partial charge in [-0.25, -0.2) is 0 Å². The molecule has 2 rings (SSSR count). The van der Waals surface area contributed by atoms with Crippen LogP contribution in [0.15, 0.2) is 41.3 Å². The maximum Gasteiger partial charge on any atom is 0.295 e. The van der Waals surface area contributed by atoms with Gasteiger partial charge < -0.3 is 4.90 Å². The molecule has 2 aromatic rings.